The summed E-state index contributed by atoms with van der Waals surface area (Å²) in [7, 11) is 0. The summed E-state index contributed by atoms with van der Waals surface area (Å²) in [4.78, 5) is 0. The first-order chi connectivity index (χ1) is 13.4. The SMILES string of the molecule is CC#CC(CC)c1ccc(OCCCOc2cccc(C(F)(F)F)c2Cl)cc1. The lowest BCUT2D eigenvalue weighted by molar-refractivity contribution is -0.137. The summed E-state index contributed by atoms with van der Waals surface area (Å²) in [5, 5.41) is -0.424. The van der Waals surface area contributed by atoms with Crippen LogP contribution in [0.3, 0.4) is 0 Å². The Hall–Kier alpha value is -2.32. The third kappa shape index (κ3) is 6.10. The molecule has 0 saturated heterocycles. The highest BCUT2D eigenvalue weighted by Gasteiger charge is 2.34. The molecule has 28 heavy (non-hydrogen) atoms. The van der Waals surface area contributed by atoms with Crippen LogP contribution in [0, 0.1) is 11.8 Å². The third-order valence-electron chi connectivity index (χ3n) is 4.09. The lowest BCUT2D eigenvalue weighted by atomic mass is 9.97. The topological polar surface area (TPSA) is 18.5 Å². The van der Waals surface area contributed by atoms with Crippen molar-refractivity contribution in [3.8, 4) is 23.3 Å². The van der Waals surface area contributed by atoms with Crippen molar-refractivity contribution in [1.29, 1.82) is 0 Å². The molecule has 150 valence electrons. The summed E-state index contributed by atoms with van der Waals surface area (Å²) >= 11 is 5.79. The maximum Gasteiger partial charge on any atom is 0.417 e. The standard InChI is InChI=1S/C22H22ClF3O2/c1-3-7-16(4-2)17-10-12-18(13-11-17)27-14-6-15-28-20-9-5-8-19(21(20)23)22(24,25)26/h5,8-13,16H,4,6,14-15H2,1-2H3. The molecule has 2 rings (SSSR count). The zero-order valence-electron chi connectivity index (χ0n) is 15.8. The molecule has 0 amide bonds. The highest BCUT2D eigenvalue weighted by molar-refractivity contribution is 6.32. The number of hydrogen-bond donors (Lipinski definition) is 0. The van der Waals surface area contributed by atoms with Crippen molar-refractivity contribution in [1.82, 2.24) is 0 Å². The van der Waals surface area contributed by atoms with Crippen molar-refractivity contribution in [2.75, 3.05) is 13.2 Å². The minimum absolute atomic E-state index is 0.0171. The second-order valence-electron chi connectivity index (χ2n) is 6.09. The molecule has 2 nitrogen and oxygen atoms in total. The number of halogens is 4. The van der Waals surface area contributed by atoms with Crippen molar-refractivity contribution < 1.29 is 22.6 Å². The normalized spacial score (nSPS) is 12.1. The minimum Gasteiger partial charge on any atom is -0.493 e. The Kier molecular flexibility index (Phi) is 8.07. The molecule has 0 aliphatic heterocycles. The van der Waals surface area contributed by atoms with Gasteiger partial charge in [0.2, 0.25) is 0 Å². The number of hydrogen-bond acceptors (Lipinski definition) is 2. The number of alkyl halides is 3. The van der Waals surface area contributed by atoms with Gasteiger partial charge in [0.25, 0.3) is 0 Å². The van der Waals surface area contributed by atoms with Gasteiger partial charge in [0.15, 0.2) is 0 Å². The first-order valence-electron chi connectivity index (χ1n) is 9.00. The van der Waals surface area contributed by atoms with Crippen LogP contribution < -0.4 is 9.47 Å². The lowest BCUT2D eigenvalue weighted by Crippen LogP contribution is -2.08. The molecule has 0 aromatic heterocycles. The summed E-state index contributed by atoms with van der Waals surface area (Å²) in [6.45, 7) is 4.50. The zero-order valence-corrected chi connectivity index (χ0v) is 16.5. The van der Waals surface area contributed by atoms with E-state index in [0.29, 0.717) is 13.0 Å². The Labute approximate surface area is 168 Å². The van der Waals surface area contributed by atoms with Crippen LogP contribution in [0.2, 0.25) is 5.02 Å². The molecule has 0 aliphatic rings. The van der Waals surface area contributed by atoms with E-state index in [1.54, 1.807) is 0 Å². The molecule has 0 N–H and O–H groups in total. The van der Waals surface area contributed by atoms with E-state index < -0.39 is 16.8 Å². The van der Waals surface area contributed by atoms with Crippen LogP contribution in [0.4, 0.5) is 13.2 Å². The first-order valence-corrected chi connectivity index (χ1v) is 9.38. The molecule has 1 atom stereocenters. The van der Waals surface area contributed by atoms with Gasteiger partial charge >= 0.3 is 6.18 Å². The zero-order chi connectivity index (χ0) is 20.6. The highest BCUT2D eigenvalue weighted by Crippen LogP contribution is 2.39. The van der Waals surface area contributed by atoms with Crippen molar-refractivity contribution in [2.45, 2.75) is 38.8 Å². The molecule has 2 aromatic rings. The Bertz CT molecular complexity index is 820. The summed E-state index contributed by atoms with van der Waals surface area (Å²) in [6.07, 6.45) is -3.06. The van der Waals surface area contributed by atoms with E-state index in [-0.39, 0.29) is 18.3 Å². The van der Waals surface area contributed by atoms with Crippen molar-refractivity contribution in [2.24, 2.45) is 0 Å². The second-order valence-corrected chi connectivity index (χ2v) is 6.47. The van der Waals surface area contributed by atoms with E-state index >= 15 is 0 Å². The Balaban J connectivity index is 1.81. The molecule has 0 fully saturated rings. The minimum atomic E-state index is -4.51. The predicted molar refractivity (Wildman–Crippen MR) is 105 cm³/mol. The van der Waals surface area contributed by atoms with Gasteiger partial charge < -0.3 is 9.47 Å². The van der Waals surface area contributed by atoms with E-state index in [1.165, 1.54) is 12.1 Å². The van der Waals surface area contributed by atoms with Crippen LogP contribution in [-0.2, 0) is 6.18 Å². The van der Waals surface area contributed by atoms with Crippen LogP contribution in [0.15, 0.2) is 42.5 Å². The molecular weight excluding hydrogens is 389 g/mol. The largest absolute Gasteiger partial charge is 0.493 e. The molecule has 0 aliphatic carbocycles. The van der Waals surface area contributed by atoms with Crippen molar-refractivity contribution >= 4 is 11.6 Å². The van der Waals surface area contributed by atoms with Crippen LogP contribution in [0.1, 0.15) is 43.7 Å². The fourth-order valence-corrected chi connectivity index (χ4v) is 2.95. The van der Waals surface area contributed by atoms with Gasteiger partial charge in [-0.05, 0) is 43.2 Å². The number of ether oxygens (including phenoxy) is 2. The van der Waals surface area contributed by atoms with Crippen LogP contribution >= 0.6 is 11.6 Å². The van der Waals surface area contributed by atoms with Crippen LogP contribution in [-0.4, -0.2) is 13.2 Å². The quantitative estimate of drug-likeness (QED) is 0.355. The molecule has 0 radical (unpaired) electrons. The molecule has 2 aromatic carbocycles. The average Bonchev–Trinajstić information content (AvgIpc) is 2.66. The van der Waals surface area contributed by atoms with E-state index in [1.807, 2.05) is 31.2 Å². The van der Waals surface area contributed by atoms with E-state index in [4.69, 9.17) is 21.1 Å². The van der Waals surface area contributed by atoms with Crippen molar-refractivity contribution in [3.63, 3.8) is 0 Å². The lowest BCUT2D eigenvalue weighted by Gasteiger charge is -2.13. The molecule has 0 saturated carbocycles. The number of benzene rings is 2. The molecular formula is C22H22ClF3O2. The molecule has 6 heteroatoms. The van der Waals surface area contributed by atoms with Gasteiger partial charge in [0.05, 0.1) is 23.8 Å². The van der Waals surface area contributed by atoms with Gasteiger partial charge in [-0.25, -0.2) is 0 Å². The maximum atomic E-state index is 12.8. The maximum absolute atomic E-state index is 12.8. The van der Waals surface area contributed by atoms with Gasteiger partial charge in [0, 0.05) is 12.3 Å². The van der Waals surface area contributed by atoms with Crippen LogP contribution in [0.25, 0.3) is 0 Å². The Morgan fingerprint density at radius 1 is 1.04 bits per heavy atom. The average molecular weight is 411 g/mol. The molecule has 0 heterocycles. The monoisotopic (exact) mass is 410 g/mol. The fourth-order valence-electron chi connectivity index (χ4n) is 2.66. The summed E-state index contributed by atoms with van der Waals surface area (Å²) in [6, 6.07) is 11.4. The van der Waals surface area contributed by atoms with Crippen LogP contribution in [0.5, 0.6) is 11.5 Å². The highest BCUT2D eigenvalue weighted by atomic mass is 35.5. The van der Waals surface area contributed by atoms with E-state index in [0.717, 1.165) is 23.8 Å². The molecule has 0 spiro atoms. The fraction of sp³-hybridized carbons (Fsp3) is 0.364. The summed E-state index contributed by atoms with van der Waals surface area (Å²) in [5.41, 5.74) is 0.243. The Morgan fingerprint density at radius 3 is 2.32 bits per heavy atom. The smallest absolute Gasteiger partial charge is 0.417 e. The van der Waals surface area contributed by atoms with Gasteiger partial charge in [0.1, 0.15) is 11.5 Å². The molecule has 1 unspecified atom stereocenters. The second kappa shape index (κ2) is 10.3. The van der Waals surface area contributed by atoms with E-state index in [9.17, 15) is 13.2 Å². The van der Waals surface area contributed by atoms with Crippen molar-refractivity contribution in [3.05, 3.63) is 58.6 Å². The summed E-state index contributed by atoms with van der Waals surface area (Å²) < 4.78 is 49.5. The third-order valence-corrected chi connectivity index (χ3v) is 4.48. The first kappa shape index (κ1) is 22.0. The van der Waals surface area contributed by atoms with Gasteiger partial charge in [-0.2, -0.15) is 13.2 Å². The van der Waals surface area contributed by atoms with Gasteiger partial charge in [-0.3, -0.25) is 0 Å². The Morgan fingerprint density at radius 2 is 1.71 bits per heavy atom. The van der Waals surface area contributed by atoms with E-state index in [2.05, 4.69) is 18.8 Å². The predicted octanol–water partition coefficient (Wildman–Crippen LogP) is 6.72. The number of rotatable bonds is 8. The molecule has 0 bridgehead atoms. The van der Waals surface area contributed by atoms with Gasteiger partial charge in [-0.15, -0.1) is 5.92 Å². The summed E-state index contributed by atoms with van der Waals surface area (Å²) in [5.74, 6) is 7.07. The van der Waals surface area contributed by atoms with Gasteiger partial charge in [-0.1, -0.05) is 42.6 Å².